The highest BCUT2D eigenvalue weighted by Gasteiger charge is 2.52. The molecule has 1 aliphatic heterocycles. The van der Waals surface area contributed by atoms with E-state index in [0.29, 0.717) is 27.2 Å². The first-order chi connectivity index (χ1) is 16.9. The maximum atomic E-state index is 12.1. The minimum atomic E-state index is -1.27. The third-order valence-corrected chi connectivity index (χ3v) is 6.22. The molecule has 0 aliphatic carbocycles. The Kier molecular flexibility index (Phi) is 8.35. The molecule has 1 saturated heterocycles. The number of aryl methyl sites for hydroxylation is 1. The van der Waals surface area contributed by atoms with Gasteiger partial charge in [0.05, 0.1) is 4.70 Å². The van der Waals surface area contributed by atoms with Gasteiger partial charge in [-0.25, -0.2) is 4.79 Å². The van der Waals surface area contributed by atoms with E-state index in [4.69, 9.17) is 28.1 Å². The van der Waals surface area contributed by atoms with Crippen LogP contribution in [-0.2, 0) is 38.1 Å². The predicted octanol–water partition coefficient (Wildman–Crippen LogP) is 1.51. The molecule has 1 aliphatic rings. The van der Waals surface area contributed by atoms with Gasteiger partial charge in [-0.15, -0.1) is 0 Å². The van der Waals surface area contributed by atoms with Gasteiger partial charge >= 0.3 is 22.8 Å². The van der Waals surface area contributed by atoms with E-state index < -0.39 is 59.4 Å². The van der Waals surface area contributed by atoms with E-state index in [0.717, 1.165) is 25.2 Å². The fraction of sp³-hybridized carbons (Fsp3) is 0.522. The minimum absolute atomic E-state index is 0.316. The molecular weight excluding hydrogens is 498 g/mol. The van der Waals surface area contributed by atoms with Crippen LogP contribution < -0.4 is 15.0 Å². The maximum Gasteiger partial charge on any atom is 0.396 e. The molecule has 1 N–H and O–H groups in total. The van der Waals surface area contributed by atoms with Gasteiger partial charge in [-0.3, -0.25) is 19.2 Å². The summed E-state index contributed by atoms with van der Waals surface area (Å²) in [4.78, 5) is 58.7. The number of benzene rings is 1. The number of carbonyl (C=O) groups is 4. The fourth-order valence-electron chi connectivity index (χ4n) is 3.87. The van der Waals surface area contributed by atoms with E-state index >= 15 is 0 Å². The molecule has 1 aromatic heterocycles. The van der Waals surface area contributed by atoms with Crippen LogP contribution in [0.1, 0.15) is 38.8 Å². The lowest BCUT2D eigenvalue weighted by Crippen LogP contribution is -2.67. The first-order valence-corrected chi connectivity index (χ1v) is 11.8. The Bertz CT molecular complexity index is 1230. The minimum Gasteiger partial charge on any atom is -0.463 e. The van der Waals surface area contributed by atoms with Gasteiger partial charge in [0, 0.05) is 33.8 Å². The predicted molar refractivity (Wildman–Crippen MR) is 124 cm³/mol. The molecule has 1 fully saturated rings. The summed E-state index contributed by atoms with van der Waals surface area (Å²) < 4.78 is 33.9. The van der Waals surface area contributed by atoms with Crippen molar-refractivity contribution in [3.05, 3.63) is 26.9 Å². The van der Waals surface area contributed by atoms with Crippen molar-refractivity contribution in [1.29, 1.82) is 0 Å². The second kappa shape index (κ2) is 11.1. The standard InChI is InChI=1S/C23H27NO11S/c1-9-10(2)19-17(36-23(29)35-19)7-15(9)33-22-18(24-11(3)25)21(32-14(6)28)20(31-13(5)27)16(34-22)8-30-12(4)26/h7,16,18,20-22H,8H2,1-6H3,(H,24,25)/t16-,18-,20+,21-,22+/m0/s1. The van der Waals surface area contributed by atoms with E-state index in [1.807, 2.05) is 0 Å². The number of amides is 1. The van der Waals surface area contributed by atoms with Crippen LogP contribution in [0.2, 0.25) is 0 Å². The average molecular weight is 526 g/mol. The Hall–Kier alpha value is -3.45. The lowest BCUT2D eigenvalue weighted by atomic mass is 9.96. The van der Waals surface area contributed by atoms with Crippen LogP contribution in [0.5, 0.6) is 5.75 Å². The molecule has 3 rings (SSSR count). The van der Waals surface area contributed by atoms with Crippen LogP contribution >= 0.6 is 11.3 Å². The molecule has 0 bridgehead atoms. The summed E-state index contributed by atoms with van der Waals surface area (Å²) >= 11 is 0.894. The summed E-state index contributed by atoms with van der Waals surface area (Å²) in [5.41, 5.74) is 1.73. The summed E-state index contributed by atoms with van der Waals surface area (Å²) in [6.07, 6.45) is -4.85. The van der Waals surface area contributed by atoms with E-state index in [-0.39, 0.29) is 6.61 Å². The SMILES string of the molecule is CC(=O)N[C@@H]1[C@H](Oc2cc3sc(=O)oc3c(C)c2C)O[C@@H](COC(C)=O)[C@@H](OC(C)=O)[C@H]1OC(C)=O. The van der Waals surface area contributed by atoms with Gasteiger partial charge in [-0.1, -0.05) is 11.3 Å². The Balaban J connectivity index is 2.07. The number of carbonyl (C=O) groups excluding carboxylic acids is 4. The summed E-state index contributed by atoms with van der Waals surface area (Å²) in [5, 5.41) is 2.64. The second-order valence-electron chi connectivity index (χ2n) is 8.24. The number of nitrogens with one attached hydrogen (secondary N) is 1. The molecule has 5 atom stereocenters. The van der Waals surface area contributed by atoms with Gasteiger partial charge in [0.2, 0.25) is 12.2 Å². The van der Waals surface area contributed by atoms with E-state index in [2.05, 4.69) is 5.32 Å². The van der Waals surface area contributed by atoms with Crippen molar-refractivity contribution in [3.63, 3.8) is 0 Å². The molecule has 196 valence electrons. The molecule has 13 heteroatoms. The van der Waals surface area contributed by atoms with Gasteiger partial charge in [-0.2, -0.15) is 0 Å². The van der Waals surface area contributed by atoms with Crippen LogP contribution in [0.4, 0.5) is 0 Å². The van der Waals surface area contributed by atoms with Crippen molar-refractivity contribution in [3.8, 4) is 5.75 Å². The zero-order valence-electron chi connectivity index (χ0n) is 20.6. The summed E-state index contributed by atoms with van der Waals surface area (Å²) in [7, 11) is 0. The van der Waals surface area contributed by atoms with Gasteiger partial charge in [-0.05, 0) is 25.0 Å². The summed E-state index contributed by atoms with van der Waals surface area (Å²) in [6.45, 7) is 7.91. The van der Waals surface area contributed by atoms with Crippen molar-refractivity contribution in [2.75, 3.05) is 6.61 Å². The number of esters is 3. The number of rotatable bonds is 7. The fourth-order valence-corrected chi connectivity index (χ4v) is 4.63. The van der Waals surface area contributed by atoms with Crippen LogP contribution in [0.3, 0.4) is 0 Å². The third-order valence-electron chi connectivity index (χ3n) is 5.45. The molecule has 1 amide bonds. The molecule has 1 aromatic carbocycles. The number of ether oxygens (including phenoxy) is 5. The van der Waals surface area contributed by atoms with E-state index in [1.54, 1.807) is 19.9 Å². The average Bonchev–Trinajstić information content (AvgIpc) is 3.13. The molecule has 36 heavy (non-hydrogen) atoms. The smallest absolute Gasteiger partial charge is 0.396 e. The normalized spacial score (nSPS) is 23.6. The molecule has 0 saturated carbocycles. The quantitative estimate of drug-likeness (QED) is 0.413. The Labute approximate surface area is 209 Å². The zero-order chi connectivity index (χ0) is 26.7. The molecule has 2 aromatic rings. The Morgan fingerprint density at radius 3 is 2.19 bits per heavy atom. The van der Waals surface area contributed by atoms with Crippen molar-refractivity contribution in [2.45, 2.75) is 72.2 Å². The van der Waals surface area contributed by atoms with Gasteiger partial charge in [0.1, 0.15) is 24.5 Å². The molecule has 12 nitrogen and oxygen atoms in total. The van der Waals surface area contributed by atoms with E-state index in [1.165, 1.54) is 13.8 Å². The van der Waals surface area contributed by atoms with Crippen LogP contribution in [-0.4, -0.2) is 61.1 Å². The molecule has 0 unspecified atom stereocenters. The van der Waals surface area contributed by atoms with Crippen molar-refractivity contribution >= 4 is 45.4 Å². The van der Waals surface area contributed by atoms with Gasteiger partial charge in [0.25, 0.3) is 0 Å². The second-order valence-corrected chi connectivity index (χ2v) is 9.22. The first-order valence-electron chi connectivity index (χ1n) is 11.0. The van der Waals surface area contributed by atoms with Crippen molar-refractivity contribution in [2.24, 2.45) is 0 Å². The van der Waals surface area contributed by atoms with Gasteiger partial charge < -0.3 is 33.4 Å². The molecule has 2 heterocycles. The van der Waals surface area contributed by atoms with E-state index in [9.17, 15) is 24.0 Å². The van der Waals surface area contributed by atoms with Crippen LogP contribution in [0.25, 0.3) is 10.3 Å². The number of hydrogen-bond donors (Lipinski definition) is 1. The lowest BCUT2D eigenvalue weighted by molar-refractivity contribution is -0.257. The first kappa shape index (κ1) is 27.1. The lowest BCUT2D eigenvalue weighted by Gasteiger charge is -2.44. The topological polar surface area (TPSA) is 157 Å². The monoisotopic (exact) mass is 525 g/mol. The maximum absolute atomic E-state index is 12.1. The van der Waals surface area contributed by atoms with Crippen molar-refractivity contribution < 1.29 is 47.3 Å². The highest BCUT2D eigenvalue weighted by Crippen LogP contribution is 2.35. The highest BCUT2D eigenvalue weighted by molar-refractivity contribution is 7.16. The number of fused-ring (bicyclic) bond motifs is 1. The van der Waals surface area contributed by atoms with Crippen molar-refractivity contribution in [1.82, 2.24) is 5.32 Å². The molecule has 0 spiro atoms. The Morgan fingerprint density at radius 2 is 1.61 bits per heavy atom. The zero-order valence-corrected chi connectivity index (χ0v) is 21.4. The number of hydrogen-bond acceptors (Lipinski definition) is 12. The largest absolute Gasteiger partial charge is 0.463 e. The molecule has 0 radical (unpaired) electrons. The Morgan fingerprint density at radius 1 is 0.972 bits per heavy atom. The van der Waals surface area contributed by atoms with Gasteiger partial charge in [0.15, 0.2) is 17.8 Å². The van der Waals surface area contributed by atoms with Crippen LogP contribution in [0.15, 0.2) is 15.3 Å². The summed E-state index contributed by atoms with van der Waals surface area (Å²) in [6, 6.07) is 0.476. The summed E-state index contributed by atoms with van der Waals surface area (Å²) in [5.74, 6) is -2.21. The highest BCUT2D eigenvalue weighted by atomic mass is 32.1. The third kappa shape index (κ3) is 6.21. The molecular formula is C23H27NO11S. The van der Waals surface area contributed by atoms with Crippen LogP contribution in [0, 0.1) is 13.8 Å².